The Morgan fingerprint density at radius 3 is 2.54 bits per heavy atom. The molecule has 1 heterocycles. The molecule has 2 aromatic rings. The topological polar surface area (TPSA) is 50.4 Å². The average molecular weight is 355 g/mol. The van der Waals surface area contributed by atoms with Gasteiger partial charge in [-0.05, 0) is 25.1 Å². The summed E-state index contributed by atoms with van der Waals surface area (Å²) in [4.78, 5) is 12.2. The fraction of sp³-hybridized carbons (Fsp3) is 0.235. The SMILES string of the molecule is Cl.O=C(Nc1ccccc1Oc1cc(F)cc(F)c1)C1CCNC1. The zero-order valence-corrected chi connectivity index (χ0v) is 13.5. The molecule has 1 fully saturated rings. The van der Waals surface area contributed by atoms with Crippen molar-refractivity contribution in [1.29, 1.82) is 0 Å². The largest absolute Gasteiger partial charge is 0.455 e. The van der Waals surface area contributed by atoms with E-state index >= 15 is 0 Å². The fourth-order valence-electron chi connectivity index (χ4n) is 2.49. The van der Waals surface area contributed by atoms with Crippen LogP contribution in [0.4, 0.5) is 14.5 Å². The maximum absolute atomic E-state index is 13.2. The first kappa shape index (κ1) is 18.2. The van der Waals surface area contributed by atoms with Crippen molar-refractivity contribution in [1.82, 2.24) is 5.32 Å². The van der Waals surface area contributed by atoms with Gasteiger partial charge in [0.15, 0.2) is 5.75 Å². The van der Waals surface area contributed by atoms with Crippen LogP contribution >= 0.6 is 12.4 Å². The van der Waals surface area contributed by atoms with Gasteiger partial charge in [-0.25, -0.2) is 8.78 Å². The Hall–Kier alpha value is -2.18. The standard InChI is InChI=1S/C17H16F2N2O2.ClH/c18-12-7-13(19)9-14(8-12)23-16-4-2-1-3-15(16)21-17(22)11-5-6-20-10-11;/h1-4,7-9,11,20H,5-6,10H2,(H,21,22);1H. The molecule has 128 valence electrons. The zero-order chi connectivity index (χ0) is 16.2. The number of hydrogen-bond acceptors (Lipinski definition) is 3. The van der Waals surface area contributed by atoms with E-state index in [4.69, 9.17) is 4.74 Å². The second-order valence-corrected chi connectivity index (χ2v) is 5.38. The van der Waals surface area contributed by atoms with Crippen LogP contribution in [0.5, 0.6) is 11.5 Å². The van der Waals surface area contributed by atoms with Gasteiger partial charge in [-0.2, -0.15) is 0 Å². The van der Waals surface area contributed by atoms with Crippen molar-refractivity contribution in [3.63, 3.8) is 0 Å². The normalized spacial score (nSPS) is 16.3. The summed E-state index contributed by atoms with van der Waals surface area (Å²) in [6.45, 7) is 1.46. The number of benzene rings is 2. The molecule has 0 spiro atoms. The van der Waals surface area contributed by atoms with Crippen LogP contribution < -0.4 is 15.4 Å². The van der Waals surface area contributed by atoms with Gasteiger partial charge in [0.25, 0.3) is 0 Å². The molecular formula is C17H17ClF2N2O2. The minimum Gasteiger partial charge on any atom is -0.455 e. The molecule has 2 N–H and O–H groups in total. The van der Waals surface area contributed by atoms with Crippen LogP contribution in [-0.2, 0) is 4.79 Å². The molecule has 24 heavy (non-hydrogen) atoms. The summed E-state index contributed by atoms with van der Waals surface area (Å²) in [5, 5.41) is 5.94. The third-order valence-corrected chi connectivity index (χ3v) is 3.64. The molecule has 1 aliphatic heterocycles. The van der Waals surface area contributed by atoms with Crippen molar-refractivity contribution in [2.24, 2.45) is 5.92 Å². The molecule has 0 saturated carbocycles. The van der Waals surface area contributed by atoms with Crippen molar-refractivity contribution in [2.45, 2.75) is 6.42 Å². The molecule has 1 unspecified atom stereocenters. The Labute approximate surface area is 144 Å². The van der Waals surface area contributed by atoms with Crippen molar-refractivity contribution >= 4 is 24.0 Å². The number of para-hydroxylation sites is 2. The van der Waals surface area contributed by atoms with Crippen LogP contribution in [-0.4, -0.2) is 19.0 Å². The molecule has 2 aromatic carbocycles. The lowest BCUT2D eigenvalue weighted by Gasteiger charge is -2.14. The van der Waals surface area contributed by atoms with Crippen molar-refractivity contribution in [2.75, 3.05) is 18.4 Å². The van der Waals surface area contributed by atoms with E-state index in [1.54, 1.807) is 24.3 Å². The molecular weight excluding hydrogens is 338 g/mol. The smallest absolute Gasteiger partial charge is 0.228 e. The molecule has 7 heteroatoms. The molecule has 3 rings (SSSR count). The highest BCUT2D eigenvalue weighted by Crippen LogP contribution is 2.30. The van der Waals surface area contributed by atoms with Gasteiger partial charge in [-0.15, -0.1) is 12.4 Å². The highest BCUT2D eigenvalue weighted by atomic mass is 35.5. The van der Waals surface area contributed by atoms with Crippen molar-refractivity contribution < 1.29 is 18.3 Å². The summed E-state index contributed by atoms with van der Waals surface area (Å²) < 4.78 is 32.0. The number of rotatable bonds is 4. The van der Waals surface area contributed by atoms with Gasteiger partial charge in [0, 0.05) is 24.7 Å². The van der Waals surface area contributed by atoms with Gasteiger partial charge >= 0.3 is 0 Å². The highest BCUT2D eigenvalue weighted by molar-refractivity contribution is 5.94. The van der Waals surface area contributed by atoms with Crippen LogP contribution in [0.3, 0.4) is 0 Å². The van der Waals surface area contributed by atoms with E-state index < -0.39 is 11.6 Å². The summed E-state index contributed by atoms with van der Waals surface area (Å²) in [5.74, 6) is -1.27. The van der Waals surface area contributed by atoms with Gasteiger partial charge in [0.1, 0.15) is 17.4 Å². The van der Waals surface area contributed by atoms with Gasteiger partial charge in [-0.3, -0.25) is 4.79 Å². The molecule has 0 aliphatic carbocycles. The minimum absolute atomic E-state index is 0. The maximum atomic E-state index is 13.2. The van der Waals surface area contributed by atoms with Crippen LogP contribution in [0.25, 0.3) is 0 Å². The van der Waals surface area contributed by atoms with E-state index in [-0.39, 0.29) is 30.0 Å². The Bertz CT molecular complexity index is 701. The first-order valence-corrected chi connectivity index (χ1v) is 7.36. The minimum atomic E-state index is -0.724. The molecule has 0 aromatic heterocycles. The number of carbonyl (C=O) groups is 1. The lowest BCUT2D eigenvalue weighted by molar-refractivity contribution is -0.119. The second kappa shape index (κ2) is 8.08. The molecule has 1 amide bonds. The van der Waals surface area contributed by atoms with E-state index in [0.29, 0.717) is 18.0 Å². The third-order valence-electron chi connectivity index (χ3n) is 3.64. The summed E-state index contributed by atoms with van der Waals surface area (Å²) in [5.41, 5.74) is 0.467. The van der Waals surface area contributed by atoms with Gasteiger partial charge in [-0.1, -0.05) is 12.1 Å². The predicted octanol–water partition coefficient (Wildman–Crippen LogP) is 3.73. The quantitative estimate of drug-likeness (QED) is 0.879. The molecule has 1 atom stereocenters. The summed E-state index contributed by atoms with van der Waals surface area (Å²) in [6, 6.07) is 9.73. The summed E-state index contributed by atoms with van der Waals surface area (Å²) in [7, 11) is 0. The number of anilines is 1. The highest BCUT2D eigenvalue weighted by Gasteiger charge is 2.23. The van der Waals surface area contributed by atoms with E-state index in [1.165, 1.54) is 0 Å². The van der Waals surface area contributed by atoms with Crippen LogP contribution in [0.15, 0.2) is 42.5 Å². The van der Waals surface area contributed by atoms with E-state index in [1.807, 2.05) is 0 Å². The first-order valence-electron chi connectivity index (χ1n) is 7.36. The first-order chi connectivity index (χ1) is 11.1. The van der Waals surface area contributed by atoms with Crippen LogP contribution in [0.2, 0.25) is 0 Å². The number of carbonyl (C=O) groups excluding carboxylic acids is 1. The third kappa shape index (κ3) is 4.43. The molecule has 0 bridgehead atoms. The monoisotopic (exact) mass is 354 g/mol. The van der Waals surface area contributed by atoms with E-state index in [9.17, 15) is 13.6 Å². The Morgan fingerprint density at radius 1 is 1.17 bits per heavy atom. The van der Waals surface area contributed by atoms with Gasteiger partial charge in [0.05, 0.1) is 11.6 Å². The second-order valence-electron chi connectivity index (χ2n) is 5.38. The lowest BCUT2D eigenvalue weighted by atomic mass is 10.1. The number of halogens is 3. The Kier molecular flexibility index (Phi) is 6.11. The molecule has 4 nitrogen and oxygen atoms in total. The molecule has 1 saturated heterocycles. The van der Waals surface area contributed by atoms with Crippen LogP contribution in [0, 0.1) is 17.6 Å². The van der Waals surface area contributed by atoms with E-state index in [0.717, 1.165) is 31.2 Å². The van der Waals surface area contributed by atoms with E-state index in [2.05, 4.69) is 10.6 Å². The van der Waals surface area contributed by atoms with Gasteiger partial charge in [0.2, 0.25) is 5.91 Å². The average Bonchev–Trinajstić information content (AvgIpc) is 3.02. The van der Waals surface area contributed by atoms with Crippen molar-refractivity contribution in [3.05, 3.63) is 54.1 Å². The Morgan fingerprint density at radius 2 is 1.88 bits per heavy atom. The predicted molar refractivity (Wildman–Crippen MR) is 89.7 cm³/mol. The number of ether oxygens (including phenoxy) is 1. The molecule has 0 radical (unpaired) electrons. The zero-order valence-electron chi connectivity index (χ0n) is 12.7. The summed E-state index contributed by atoms with van der Waals surface area (Å²) >= 11 is 0. The maximum Gasteiger partial charge on any atom is 0.228 e. The fourth-order valence-corrected chi connectivity index (χ4v) is 2.49. The van der Waals surface area contributed by atoms with Gasteiger partial charge < -0.3 is 15.4 Å². The lowest BCUT2D eigenvalue weighted by Crippen LogP contribution is -2.24. The Balaban J connectivity index is 0.00000208. The van der Waals surface area contributed by atoms with Crippen LogP contribution in [0.1, 0.15) is 6.42 Å². The molecule has 1 aliphatic rings. The number of nitrogens with one attached hydrogen (secondary N) is 2. The number of amides is 1. The summed E-state index contributed by atoms with van der Waals surface area (Å²) in [6.07, 6.45) is 0.782. The number of hydrogen-bond donors (Lipinski definition) is 2. The van der Waals surface area contributed by atoms with Crippen molar-refractivity contribution in [3.8, 4) is 11.5 Å².